The summed E-state index contributed by atoms with van der Waals surface area (Å²) in [5.74, 6) is 1.19. The van der Waals surface area contributed by atoms with E-state index < -0.39 is 0 Å². The van der Waals surface area contributed by atoms with E-state index in [2.05, 4.69) is 60.1 Å². The first-order valence-electron chi connectivity index (χ1n) is 5.92. The summed E-state index contributed by atoms with van der Waals surface area (Å²) in [5, 5.41) is 0.957. The molecule has 1 aromatic rings. The van der Waals surface area contributed by atoms with Crippen molar-refractivity contribution in [2.45, 2.75) is 26.2 Å². The largest absolute Gasteiger partial charge is 0.381 e. The quantitative estimate of drug-likeness (QED) is 0.538. The molecular weight excluding hydrogens is 264 g/mol. The predicted octanol–water partition coefficient (Wildman–Crippen LogP) is 4.23. The zero-order chi connectivity index (χ0) is 11.8. The van der Waals surface area contributed by atoms with Crippen LogP contribution in [-0.4, -0.2) is 18.5 Å². The summed E-state index contributed by atoms with van der Waals surface area (Å²) in [6.45, 7) is 6.13. The summed E-state index contributed by atoms with van der Waals surface area (Å²) in [6, 6.07) is 10.5. The van der Waals surface area contributed by atoms with E-state index in [4.69, 9.17) is 4.74 Å². The third kappa shape index (κ3) is 5.13. The lowest BCUT2D eigenvalue weighted by Gasteiger charge is -2.15. The van der Waals surface area contributed by atoms with E-state index in [-0.39, 0.29) is 0 Å². The van der Waals surface area contributed by atoms with Gasteiger partial charge in [-0.2, -0.15) is 0 Å². The Morgan fingerprint density at radius 2 is 1.88 bits per heavy atom. The normalized spacial score (nSPS) is 13.0. The minimum Gasteiger partial charge on any atom is -0.381 e. The molecule has 1 nitrogen and oxygen atoms in total. The smallest absolute Gasteiger partial charge is 0.0542 e. The Morgan fingerprint density at radius 3 is 2.44 bits per heavy atom. The van der Waals surface area contributed by atoms with Crippen molar-refractivity contribution in [1.29, 1.82) is 0 Å². The molecule has 0 heterocycles. The van der Waals surface area contributed by atoms with Crippen molar-refractivity contribution in [3.05, 3.63) is 35.9 Å². The molecule has 2 heteroatoms. The van der Waals surface area contributed by atoms with E-state index in [1.165, 1.54) is 5.56 Å². The average Bonchev–Trinajstić information content (AvgIpc) is 2.30. The van der Waals surface area contributed by atoms with Crippen molar-refractivity contribution < 1.29 is 4.74 Å². The van der Waals surface area contributed by atoms with Crippen molar-refractivity contribution in [1.82, 2.24) is 0 Å². The van der Waals surface area contributed by atoms with Gasteiger partial charge in [0.15, 0.2) is 0 Å². The average molecular weight is 285 g/mol. The van der Waals surface area contributed by atoms with E-state index in [1.807, 2.05) is 0 Å². The number of rotatable bonds is 7. The summed E-state index contributed by atoms with van der Waals surface area (Å²) in [7, 11) is 0. The highest BCUT2D eigenvalue weighted by Gasteiger charge is 2.09. The Kier molecular flexibility index (Phi) is 6.74. The summed E-state index contributed by atoms with van der Waals surface area (Å²) in [5.41, 5.74) is 1.35. The summed E-state index contributed by atoms with van der Waals surface area (Å²) < 4.78 is 5.72. The molecule has 0 saturated carbocycles. The van der Waals surface area contributed by atoms with Crippen LogP contribution in [-0.2, 0) is 4.74 Å². The SMILES string of the molecule is CC(C)CCOCC(CBr)c1ccccc1. The molecule has 1 atom stereocenters. The highest BCUT2D eigenvalue weighted by molar-refractivity contribution is 9.09. The van der Waals surface area contributed by atoms with Gasteiger partial charge in [-0.15, -0.1) is 0 Å². The van der Waals surface area contributed by atoms with E-state index in [9.17, 15) is 0 Å². The number of halogens is 1. The van der Waals surface area contributed by atoms with Crippen molar-refractivity contribution in [3.63, 3.8) is 0 Å². The van der Waals surface area contributed by atoms with Gasteiger partial charge in [-0.1, -0.05) is 60.1 Å². The van der Waals surface area contributed by atoms with Crippen LogP contribution in [0, 0.1) is 5.92 Å². The molecule has 0 fully saturated rings. The lowest BCUT2D eigenvalue weighted by atomic mass is 10.0. The van der Waals surface area contributed by atoms with Gasteiger partial charge in [0, 0.05) is 17.9 Å². The van der Waals surface area contributed by atoms with Gasteiger partial charge in [-0.05, 0) is 17.9 Å². The Labute approximate surface area is 107 Å². The first-order chi connectivity index (χ1) is 7.74. The van der Waals surface area contributed by atoms with Gasteiger partial charge in [0.2, 0.25) is 0 Å². The molecule has 0 amide bonds. The molecule has 0 aliphatic carbocycles. The molecular formula is C14H21BrO. The summed E-state index contributed by atoms with van der Waals surface area (Å²) >= 11 is 3.55. The molecule has 1 unspecified atom stereocenters. The topological polar surface area (TPSA) is 9.23 Å². The van der Waals surface area contributed by atoms with Crippen LogP contribution in [0.15, 0.2) is 30.3 Å². The Morgan fingerprint density at radius 1 is 1.19 bits per heavy atom. The molecule has 0 radical (unpaired) electrons. The van der Waals surface area contributed by atoms with Crippen LogP contribution in [0.25, 0.3) is 0 Å². The van der Waals surface area contributed by atoms with E-state index in [1.54, 1.807) is 0 Å². The predicted molar refractivity (Wildman–Crippen MR) is 73.3 cm³/mol. The van der Waals surface area contributed by atoms with Crippen LogP contribution in [0.2, 0.25) is 0 Å². The molecule has 0 aliphatic heterocycles. The maximum atomic E-state index is 5.72. The van der Waals surface area contributed by atoms with Crippen LogP contribution >= 0.6 is 15.9 Å². The van der Waals surface area contributed by atoms with Crippen LogP contribution in [0.4, 0.5) is 0 Å². The fourth-order valence-corrected chi connectivity index (χ4v) is 2.06. The van der Waals surface area contributed by atoms with Gasteiger partial charge in [0.25, 0.3) is 0 Å². The third-order valence-corrected chi connectivity index (χ3v) is 3.40. The third-order valence-electron chi connectivity index (χ3n) is 2.62. The number of hydrogen-bond donors (Lipinski definition) is 0. The molecule has 0 aliphatic rings. The monoisotopic (exact) mass is 284 g/mol. The lowest BCUT2D eigenvalue weighted by molar-refractivity contribution is 0.114. The molecule has 0 aromatic heterocycles. The van der Waals surface area contributed by atoms with Gasteiger partial charge in [0.1, 0.15) is 0 Å². The van der Waals surface area contributed by atoms with Crippen LogP contribution in [0.1, 0.15) is 31.7 Å². The minimum absolute atomic E-state index is 0.466. The van der Waals surface area contributed by atoms with Gasteiger partial charge in [0.05, 0.1) is 6.61 Å². The fraction of sp³-hybridized carbons (Fsp3) is 0.571. The van der Waals surface area contributed by atoms with Crippen LogP contribution in [0.3, 0.4) is 0 Å². The highest BCUT2D eigenvalue weighted by atomic mass is 79.9. The molecule has 1 rings (SSSR count). The summed E-state index contributed by atoms with van der Waals surface area (Å²) in [6.07, 6.45) is 1.14. The second-order valence-corrected chi connectivity index (χ2v) is 5.17. The second kappa shape index (κ2) is 7.86. The zero-order valence-corrected chi connectivity index (χ0v) is 11.7. The second-order valence-electron chi connectivity index (χ2n) is 4.52. The molecule has 0 N–H and O–H groups in total. The molecule has 90 valence electrons. The standard InChI is InChI=1S/C14H21BrO/c1-12(2)8-9-16-11-14(10-15)13-6-4-3-5-7-13/h3-7,12,14H,8-11H2,1-2H3. The first-order valence-corrected chi connectivity index (χ1v) is 7.04. The van der Waals surface area contributed by atoms with Crippen molar-refractivity contribution in [2.75, 3.05) is 18.5 Å². The molecule has 1 aromatic carbocycles. The molecule has 16 heavy (non-hydrogen) atoms. The minimum atomic E-state index is 0.466. The van der Waals surface area contributed by atoms with Crippen molar-refractivity contribution in [2.24, 2.45) is 5.92 Å². The molecule has 0 saturated heterocycles. The number of ether oxygens (including phenoxy) is 1. The van der Waals surface area contributed by atoms with E-state index in [0.29, 0.717) is 5.92 Å². The van der Waals surface area contributed by atoms with E-state index >= 15 is 0 Å². The summed E-state index contributed by atoms with van der Waals surface area (Å²) in [4.78, 5) is 0. The highest BCUT2D eigenvalue weighted by Crippen LogP contribution is 2.18. The fourth-order valence-electron chi connectivity index (χ4n) is 1.50. The van der Waals surface area contributed by atoms with Crippen LogP contribution < -0.4 is 0 Å². The molecule has 0 spiro atoms. The van der Waals surface area contributed by atoms with Gasteiger partial charge < -0.3 is 4.74 Å². The van der Waals surface area contributed by atoms with Gasteiger partial charge in [-0.25, -0.2) is 0 Å². The Bertz CT molecular complexity index is 271. The Balaban J connectivity index is 2.33. The van der Waals surface area contributed by atoms with E-state index in [0.717, 1.165) is 30.9 Å². The zero-order valence-electron chi connectivity index (χ0n) is 10.2. The first kappa shape index (κ1) is 13.7. The van der Waals surface area contributed by atoms with Gasteiger partial charge >= 0.3 is 0 Å². The number of alkyl halides is 1. The number of benzene rings is 1. The van der Waals surface area contributed by atoms with Gasteiger partial charge in [-0.3, -0.25) is 0 Å². The maximum Gasteiger partial charge on any atom is 0.0542 e. The van der Waals surface area contributed by atoms with Crippen molar-refractivity contribution in [3.8, 4) is 0 Å². The Hall–Kier alpha value is -0.340. The lowest BCUT2D eigenvalue weighted by Crippen LogP contribution is -2.11. The van der Waals surface area contributed by atoms with Crippen molar-refractivity contribution >= 4 is 15.9 Å². The van der Waals surface area contributed by atoms with Crippen LogP contribution in [0.5, 0.6) is 0 Å². The molecule has 0 bridgehead atoms. The maximum absolute atomic E-state index is 5.72. The number of hydrogen-bond acceptors (Lipinski definition) is 1.